The molecule has 0 saturated heterocycles. The van der Waals surface area contributed by atoms with Crippen molar-refractivity contribution < 1.29 is 18.7 Å². The van der Waals surface area contributed by atoms with Crippen molar-refractivity contribution in [2.45, 2.75) is 20.0 Å². The summed E-state index contributed by atoms with van der Waals surface area (Å²) < 4.78 is 24.4. The molecule has 0 unspecified atom stereocenters. The highest BCUT2D eigenvalue weighted by atomic mass is 32.1. The van der Waals surface area contributed by atoms with Crippen molar-refractivity contribution in [1.29, 1.82) is 0 Å². The molecule has 1 heterocycles. The van der Waals surface area contributed by atoms with Gasteiger partial charge in [0.15, 0.2) is 0 Å². The SMILES string of the molecule is CCOC(=O)Cc1csc(NN=Cc2ccccc2OCc2ccccc2F)n1. The van der Waals surface area contributed by atoms with Crippen molar-refractivity contribution >= 4 is 28.7 Å². The van der Waals surface area contributed by atoms with E-state index in [1.807, 2.05) is 18.2 Å². The van der Waals surface area contributed by atoms with Gasteiger partial charge in [0.2, 0.25) is 5.13 Å². The van der Waals surface area contributed by atoms with Gasteiger partial charge in [-0.1, -0.05) is 30.3 Å². The predicted molar refractivity (Wildman–Crippen MR) is 111 cm³/mol. The molecule has 3 rings (SSSR count). The number of thiazole rings is 1. The Kier molecular flexibility index (Phi) is 7.29. The quantitative estimate of drug-likeness (QED) is 0.320. The number of rotatable bonds is 9. The van der Waals surface area contributed by atoms with E-state index < -0.39 is 0 Å². The number of aromatic nitrogens is 1. The average molecular weight is 413 g/mol. The van der Waals surface area contributed by atoms with Gasteiger partial charge in [-0.3, -0.25) is 10.2 Å². The number of hydrogen-bond donors (Lipinski definition) is 1. The van der Waals surface area contributed by atoms with E-state index in [4.69, 9.17) is 9.47 Å². The number of halogens is 1. The second-order valence-electron chi connectivity index (χ2n) is 5.91. The Labute approximate surface area is 172 Å². The van der Waals surface area contributed by atoms with Crippen LogP contribution in [-0.4, -0.2) is 23.8 Å². The van der Waals surface area contributed by atoms with Gasteiger partial charge < -0.3 is 9.47 Å². The number of anilines is 1. The van der Waals surface area contributed by atoms with Crippen LogP contribution >= 0.6 is 11.3 Å². The lowest BCUT2D eigenvalue weighted by molar-refractivity contribution is -0.142. The van der Waals surface area contributed by atoms with Crippen LogP contribution in [0.15, 0.2) is 59.0 Å². The van der Waals surface area contributed by atoms with Gasteiger partial charge in [-0.2, -0.15) is 5.10 Å². The number of hydrazone groups is 1. The van der Waals surface area contributed by atoms with Gasteiger partial charge in [-0.25, -0.2) is 9.37 Å². The molecule has 150 valence electrons. The lowest BCUT2D eigenvalue weighted by Gasteiger charge is -2.09. The molecule has 2 aromatic carbocycles. The zero-order valence-electron chi connectivity index (χ0n) is 15.8. The third-order valence-electron chi connectivity index (χ3n) is 3.81. The first kappa shape index (κ1) is 20.5. The molecular formula is C21H20FN3O3S. The van der Waals surface area contributed by atoms with Crippen LogP contribution in [0.2, 0.25) is 0 Å². The van der Waals surface area contributed by atoms with E-state index >= 15 is 0 Å². The predicted octanol–water partition coefficient (Wildman–Crippen LogP) is 4.41. The smallest absolute Gasteiger partial charge is 0.311 e. The fourth-order valence-electron chi connectivity index (χ4n) is 2.45. The number of hydrogen-bond acceptors (Lipinski definition) is 7. The number of nitrogens with zero attached hydrogens (tertiary/aromatic N) is 2. The van der Waals surface area contributed by atoms with Gasteiger partial charge in [0.05, 0.1) is 24.9 Å². The number of ether oxygens (including phenoxy) is 2. The Hall–Kier alpha value is -3.26. The maximum absolute atomic E-state index is 13.8. The first-order valence-electron chi connectivity index (χ1n) is 9.00. The molecule has 6 nitrogen and oxygen atoms in total. The standard InChI is InChI=1S/C21H20FN3O3S/c1-2-27-20(26)11-17-14-29-21(24-17)25-23-12-15-7-4-6-10-19(15)28-13-16-8-3-5-9-18(16)22/h3-10,12,14H,2,11,13H2,1H3,(H,24,25). The maximum Gasteiger partial charge on any atom is 0.311 e. The summed E-state index contributed by atoms with van der Waals surface area (Å²) >= 11 is 1.34. The molecule has 0 bridgehead atoms. The molecule has 29 heavy (non-hydrogen) atoms. The molecule has 0 spiro atoms. The molecule has 0 amide bonds. The van der Waals surface area contributed by atoms with Crippen molar-refractivity contribution in [3.8, 4) is 5.75 Å². The third kappa shape index (κ3) is 6.11. The summed E-state index contributed by atoms with van der Waals surface area (Å²) in [5.41, 5.74) is 4.68. The van der Waals surface area contributed by atoms with Gasteiger partial charge in [-0.05, 0) is 25.1 Å². The number of carbonyl (C=O) groups is 1. The zero-order chi connectivity index (χ0) is 20.5. The van der Waals surface area contributed by atoms with Crippen molar-refractivity contribution in [3.05, 3.63) is 76.5 Å². The zero-order valence-corrected chi connectivity index (χ0v) is 16.6. The molecule has 8 heteroatoms. The van der Waals surface area contributed by atoms with Crippen LogP contribution in [0.4, 0.5) is 9.52 Å². The maximum atomic E-state index is 13.8. The molecule has 3 aromatic rings. The molecule has 1 N–H and O–H groups in total. The summed E-state index contributed by atoms with van der Waals surface area (Å²) in [7, 11) is 0. The molecular weight excluding hydrogens is 393 g/mol. The first-order valence-corrected chi connectivity index (χ1v) is 9.88. The Morgan fingerprint density at radius 3 is 2.86 bits per heavy atom. The number of esters is 1. The number of nitrogens with one attached hydrogen (secondary N) is 1. The van der Waals surface area contributed by atoms with E-state index in [1.165, 1.54) is 17.4 Å². The van der Waals surface area contributed by atoms with Crippen LogP contribution in [0.5, 0.6) is 5.75 Å². The van der Waals surface area contributed by atoms with Gasteiger partial charge >= 0.3 is 5.97 Å². The molecule has 0 aliphatic carbocycles. The van der Waals surface area contributed by atoms with E-state index in [2.05, 4.69) is 15.5 Å². The van der Waals surface area contributed by atoms with E-state index in [1.54, 1.807) is 42.8 Å². The minimum Gasteiger partial charge on any atom is -0.488 e. The second-order valence-corrected chi connectivity index (χ2v) is 6.77. The van der Waals surface area contributed by atoms with Crippen LogP contribution in [0, 0.1) is 5.82 Å². The summed E-state index contributed by atoms with van der Waals surface area (Å²) in [5.74, 6) is -0.0278. The first-order chi connectivity index (χ1) is 14.2. The Morgan fingerprint density at radius 1 is 1.24 bits per heavy atom. The van der Waals surface area contributed by atoms with Gasteiger partial charge in [-0.15, -0.1) is 11.3 Å². The Morgan fingerprint density at radius 2 is 2.03 bits per heavy atom. The highest BCUT2D eigenvalue weighted by Crippen LogP contribution is 2.19. The number of carbonyl (C=O) groups excluding carboxylic acids is 1. The van der Waals surface area contributed by atoms with Crippen LogP contribution in [0.1, 0.15) is 23.7 Å². The average Bonchev–Trinajstić information content (AvgIpc) is 3.15. The summed E-state index contributed by atoms with van der Waals surface area (Å²) in [4.78, 5) is 15.8. The van der Waals surface area contributed by atoms with Crippen molar-refractivity contribution in [2.24, 2.45) is 5.10 Å². The van der Waals surface area contributed by atoms with Gasteiger partial charge in [0, 0.05) is 16.5 Å². The monoisotopic (exact) mass is 413 g/mol. The molecule has 0 aliphatic rings. The van der Waals surface area contributed by atoms with Crippen LogP contribution < -0.4 is 10.2 Å². The Bertz CT molecular complexity index is 991. The Balaban J connectivity index is 1.59. The molecule has 0 aliphatic heterocycles. The van der Waals surface area contributed by atoms with Crippen LogP contribution in [0.3, 0.4) is 0 Å². The number of para-hydroxylation sites is 1. The van der Waals surface area contributed by atoms with Crippen LogP contribution in [0.25, 0.3) is 0 Å². The minimum absolute atomic E-state index is 0.120. The summed E-state index contributed by atoms with van der Waals surface area (Å²) in [6, 6.07) is 13.8. The fourth-order valence-corrected chi connectivity index (χ4v) is 3.11. The summed E-state index contributed by atoms with van der Waals surface area (Å²) in [6.07, 6.45) is 1.73. The molecule has 0 atom stereocenters. The lowest BCUT2D eigenvalue weighted by atomic mass is 10.2. The number of benzene rings is 2. The molecule has 0 fully saturated rings. The van der Waals surface area contributed by atoms with E-state index in [9.17, 15) is 9.18 Å². The largest absolute Gasteiger partial charge is 0.488 e. The highest BCUT2D eigenvalue weighted by Gasteiger charge is 2.08. The van der Waals surface area contributed by atoms with Crippen LogP contribution in [-0.2, 0) is 22.6 Å². The second kappa shape index (κ2) is 10.3. The normalized spacial score (nSPS) is 10.8. The minimum atomic E-state index is -0.311. The molecule has 1 aromatic heterocycles. The van der Waals surface area contributed by atoms with Crippen molar-refractivity contribution in [2.75, 3.05) is 12.0 Å². The summed E-state index contributed by atoms with van der Waals surface area (Å²) in [5, 5.41) is 6.52. The third-order valence-corrected chi connectivity index (χ3v) is 4.60. The molecule has 0 radical (unpaired) electrons. The fraction of sp³-hybridized carbons (Fsp3) is 0.190. The van der Waals surface area contributed by atoms with E-state index in [0.29, 0.717) is 28.7 Å². The van der Waals surface area contributed by atoms with Gasteiger partial charge in [0.1, 0.15) is 18.2 Å². The van der Waals surface area contributed by atoms with E-state index in [0.717, 1.165) is 5.56 Å². The van der Waals surface area contributed by atoms with Crippen molar-refractivity contribution in [3.63, 3.8) is 0 Å². The highest BCUT2D eigenvalue weighted by molar-refractivity contribution is 7.13. The topological polar surface area (TPSA) is 72.8 Å². The van der Waals surface area contributed by atoms with Gasteiger partial charge in [0.25, 0.3) is 0 Å². The summed E-state index contributed by atoms with van der Waals surface area (Å²) in [6.45, 7) is 2.23. The van der Waals surface area contributed by atoms with Crippen molar-refractivity contribution in [1.82, 2.24) is 4.98 Å². The van der Waals surface area contributed by atoms with E-state index in [-0.39, 0.29) is 24.8 Å². The lowest BCUT2D eigenvalue weighted by Crippen LogP contribution is -2.07. The molecule has 0 saturated carbocycles.